The third-order valence-corrected chi connectivity index (χ3v) is 6.02. The van der Waals surface area contributed by atoms with Crippen LogP contribution in [-0.2, 0) is 0 Å². The van der Waals surface area contributed by atoms with E-state index >= 15 is 0 Å². The Bertz CT molecular complexity index is 1700. The predicted molar refractivity (Wildman–Crippen MR) is 136 cm³/mol. The summed E-state index contributed by atoms with van der Waals surface area (Å²) >= 11 is 0. The molecule has 0 radical (unpaired) electrons. The van der Waals surface area contributed by atoms with Crippen LogP contribution in [0.3, 0.4) is 0 Å². The van der Waals surface area contributed by atoms with E-state index in [-0.39, 0.29) is 22.9 Å². The summed E-state index contributed by atoms with van der Waals surface area (Å²) in [5.74, 6) is 1.97. The first-order valence-corrected chi connectivity index (χ1v) is 11.5. The summed E-state index contributed by atoms with van der Waals surface area (Å²) in [6.45, 7) is 1.82. The second-order valence-corrected chi connectivity index (χ2v) is 8.47. The van der Waals surface area contributed by atoms with Gasteiger partial charge in [-0.15, -0.1) is 0 Å². The van der Waals surface area contributed by atoms with Gasteiger partial charge in [0.1, 0.15) is 45.7 Å². The molecule has 0 unspecified atom stereocenters. The van der Waals surface area contributed by atoms with Crippen LogP contribution in [-0.4, -0.2) is 18.9 Å². The maximum atomic E-state index is 13.5. The van der Waals surface area contributed by atoms with Gasteiger partial charge in [0.15, 0.2) is 5.76 Å². The van der Waals surface area contributed by atoms with Gasteiger partial charge in [0.2, 0.25) is 5.78 Å². The summed E-state index contributed by atoms with van der Waals surface area (Å²) < 4.78 is 28.4. The maximum Gasteiger partial charge on any atom is 0.348 e. The summed E-state index contributed by atoms with van der Waals surface area (Å²) in [6, 6.07) is 22.8. The number of furan rings is 2. The topological polar surface area (TPSA) is 88.1 Å². The molecule has 0 atom stereocenters. The summed E-state index contributed by atoms with van der Waals surface area (Å²) in [7, 11) is 1.55. The average Bonchev–Trinajstić information content (AvgIpc) is 3.59. The van der Waals surface area contributed by atoms with Gasteiger partial charge in [-0.1, -0.05) is 30.3 Å². The SMILES string of the molecule is COc1ccc2oc(-c3ccccc3)c(C(=O)Oc3ccc4c(c3)O/C(=C\c3ccc(C)o3)C4=O)c2c1. The Kier molecular flexibility index (Phi) is 5.38. The molecule has 7 nitrogen and oxygen atoms in total. The first kappa shape index (κ1) is 22.4. The zero-order valence-corrected chi connectivity index (χ0v) is 19.9. The number of rotatable bonds is 5. The highest BCUT2D eigenvalue weighted by Crippen LogP contribution is 2.38. The number of hydrogen-bond acceptors (Lipinski definition) is 7. The minimum atomic E-state index is -0.614. The van der Waals surface area contributed by atoms with E-state index in [0.29, 0.717) is 39.6 Å². The quantitative estimate of drug-likeness (QED) is 0.151. The highest BCUT2D eigenvalue weighted by Gasteiger charge is 2.29. The zero-order valence-electron chi connectivity index (χ0n) is 19.9. The van der Waals surface area contributed by atoms with Gasteiger partial charge in [-0.2, -0.15) is 0 Å². The van der Waals surface area contributed by atoms with Crippen LogP contribution >= 0.6 is 0 Å². The van der Waals surface area contributed by atoms with E-state index in [9.17, 15) is 9.59 Å². The number of carbonyl (C=O) groups is 2. The van der Waals surface area contributed by atoms with Crippen molar-refractivity contribution in [1.82, 2.24) is 0 Å². The Hall–Kier alpha value is -5.04. The first-order chi connectivity index (χ1) is 18.0. The monoisotopic (exact) mass is 492 g/mol. The molecule has 0 saturated carbocycles. The fourth-order valence-electron chi connectivity index (χ4n) is 4.25. The van der Waals surface area contributed by atoms with Crippen molar-refractivity contribution in [3.63, 3.8) is 0 Å². The smallest absolute Gasteiger partial charge is 0.348 e. The summed E-state index contributed by atoms with van der Waals surface area (Å²) in [5, 5.41) is 0.565. The van der Waals surface area contributed by atoms with Crippen molar-refractivity contribution in [3.8, 4) is 28.6 Å². The lowest BCUT2D eigenvalue weighted by Crippen LogP contribution is -2.09. The Labute approximate surface area is 211 Å². The molecule has 0 N–H and O–H groups in total. The molecule has 0 aliphatic carbocycles. The lowest BCUT2D eigenvalue weighted by molar-refractivity contribution is 0.0736. The Morgan fingerprint density at radius 2 is 1.70 bits per heavy atom. The number of fused-ring (bicyclic) bond motifs is 2. The number of allylic oxidation sites excluding steroid dienone is 1. The average molecular weight is 492 g/mol. The fraction of sp³-hybridized carbons (Fsp3) is 0.0667. The number of esters is 1. The van der Waals surface area contributed by atoms with Crippen LogP contribution in [0.25, 0.3) is 28.4 Å². The van der Waals surface area contributed by atoms with Crippen LogP contribution < -0.4 is 14.2 Å². The van der Waals surface area contributed by atoms with Crippen molar-refractivity contribution in [2.75, 3.05) is 7.11 Å². The number of ether oxygens (including phenoxy) is 3. The second kappa shape index (κ2) is 8.87. The maximum absolute atomic E-state index is 13.5. The zero-order chi connectivity index (χ0) is 25.5. The molecule has 182 valence electrons. The molecule has 7 heteroatoms. The van der Waals surface area contributed by atoms with E-state index in [1.54, 1.807) is 49.6 Å². The molecule has 0 amide bonds. The Morgan fingerprint density at radius 3 is 2.46 bits per heavy atom. The summed E-state index contributed by atoms with van der Waals surface area (Å²) in [6.07, 6.45) is 1.54. The normalized spacial score (nSPS) is 13.6. The lowest BCUT2D eigenvalue weighted by atomic mass is 10.1. The van der Waals surface area contributed by atoms with Crippen molar-refractivity contribution in [3.05, 3.63) is 107 Å². The van der Waals surface area contributed by atoms with Crippen LogP contribution in [0.1, 0.15) is 32.2 Å². The molecule has 3 heterocycles. The standard InChI is InChI=1S/C30H20O7/c1-17-8-9-20(34-17)16-26-28(31)22-12-10-21(15-25(22)36-26)35-30(32)27-23-14-19(33-2)11-13-24(23)37-29(27)18-6-4-3-5-7-18/h3-16H,1-2H3/b26-16-. The molecule has 0 bridgehead atoms. The van der Waals surface area contributed by atoms with Crippen LogP contribution in [0, 0.1) is 6.92 Å². The number of benzene rings is 3. The molecular formula is C30H20O7. The van der Waals surface area contributed by atoms with Gasteiger partial charge in [-0.25, -0.2) is 4.79 Å². The Morgan fingerprint density at radius 1 is 0.892 bits per heavy atom. The largest absolute Gasteiger partial charge is 0.497 e. The third-order valence-electron chi connectivity index (χ3n) is 6.02. The van der Waals surface area contributed by atoms with Crippen LogP contribution in [0.2, 0.25) is 0 Å². The number of methoxy groups -OCH3 is 1. The van der Waals surface area contributed by atoms with E-state index in [1.165, 1.54) is 12.1 Å². The van der Waals surface area contributed by atoms with E-state index < -0.39 is 5.97 Å². The molecule has 1 aliphatic heterocycles. The number of hydrogen-bond donors (Lipinski definition) is 0. The molecule has 5 aromatic rings. The number of aryl methyl sites for hydroxylation is 1. The highest BCUT2D eigenvalue weighted by molar-refractivity contribution is 6.14. The molecular weight excluding hydrogens is 472 g/mol. The van der Waals surface area contributed by atoms with Crippen molar-refractivity contribution in [2.24, 2.45) is 0 Å². The minimum absolute atomic E-state index is 0.132. The van der Waals surface area contributed by atoms with Gasteiger partial charge in [-0.3, -0.25) is 4.79 Å². The number of Topliss-reactive ketones (excluding diaryl/α,β-unsaturated/α-hetero) is 1. The van der Waals surface area contributed by atoms with E-state index in [0.717, 1.165) is 11.3 Å². The molecule has 0 saturated heterocycles. The molecule has 1 aliphatic rings. The molecule has 0 fully saturated rings. The van der Waals surface area contributed by atoms with Crippen molar-refractivity contribution >= 4 is 28.8 Å². The highest BCUT2D eigenvalue weighted by atomic mass is 16.5. The minimum Gasteiger partial charge on any atom is -0.497 e. The molecule has 6 rings (SSSR count). The van der Waals surface area contributed by atoms with Crippen molar-refractivity contribution in [1.29, 1.82) is 0 Å². The van der Waals surface area contributed by atoms with Gasteiger partial charge in [0, 0.05) is 23.1 Å². The van der Waals surface area contributed by atoms with Gasteiger partial charge >= 0.3 is 5.97 Å². The predicted octanol–water partition coefficient (Wildman–Crippen LogP) is 6.85. The van der Waals surface area contributed by atoms with Gasteiger partial charge in [-0.05, 0) is 49.4 Å². The van der Waals surface area contributed by atoms with E-state index in [4.69, 9.17) is 23.0 Å². The summed E-state index contributed by atoms with van der Waals surface area (Å²) in [5.41, 5.74) is 1.90. The fourth-order valence-corrected chi connectivity index (χ4v) is 4.25. The van der Waals surface area contributed by atoms with Gasteiger partial charge in [0.05, 0.1) is 12.7 Å². The van der Waals surface area contributed by atoms with Gasteiger partial charge in [0.25, 0.3) is 0 Å². The van der Waals surface area contributed by atoms with Crippen molar-refractivity contribution < 1.29 is 32.6 Å². The molecule has 37 heavy (non-hydrogen) atoms. The van der Waals surface area contributed by atoms with Gasteiger partial charge < -0.3 is 23.0 Å². The van der Waals surface area contributed by atoms with E-state index in [2.05, 4.69) is 0 Å². The number of carbonyl (C=O) groups excluding carboxylic acids is 2. The van der Waals surface area contributed by atoms with Crippen molar-refractivity contribution in [2.45, 2.75) is 6.92 Å². The van der Waals surface area contributed by atoms with Crippen LogP contribution in [0.5, 0.6) is 17.2 Å². The second-order valence-electron chi connectivity index (χ2n) is 8.47. The third kappa shape index (κ3) is 4.06. The Balaban J connectivity index is 1.34. The van der Waals surface area contributed by atoms with Crippen LogP contribution in [0.4, 0.5) is 0 Å². The summed E-state index contributed by atoms with van der Waals surface area (Å²) in [4.78, 5) is 26.3. The first-order valence-electron chi connectivity index (χ1n) is 11.5. The molecule has 2 aromatic heterocycles. The van der Waals surface area contributed by atoms with E-state index in [1.807, 2.05) is 37.3 Å². The molecule has 0 spiro atoms. The van der Waals surface area contributed by atoms with Crippen LogP contribution in [0.15, 0.2) is 93.5 Å². The lowest BCUT2D eigenvalue weighted by Gasteiger charge is -2.07. The molecule has 3 aromatic carbocycles. The number of ketones is 1.